The summed E-state index contributed by atoms with van der Waals surface area (Å²) in [6.07, 6.45) is 2.14. The highest BCUT2D eigenvalue weighted by atomic mass is 32.1. The Morgan fingerprint density at radius 3 is 2.65 bits per heavy atom. The first-order valence-electron chi connectivity index (χ1n) is 9.17. The number of benzene rings is 1. The van der Waals surface area contributed by atoms with Crippen molar-refractivity contribution in [2.24, 2.45) is 0 Å². The third-order valence-corrected chi connectivity index (χ3v) is 6.28. The average Bonchev–Trinajstić information content (AvgIpc) is 3.32. The Bertz CT molecular complexity index is 755. The van der Waals surface area contributed by atoms with Gasteiger partial charge in [0, 0.05) is 37.1 Å². The molecular weight excluding hydrogens is 351 g/mol. The third kappa shape index (κ3) is 3.82. The minimum Gasteiger partial charge on any atom is -0.379 e. The summed E-state index contributed by atoms with van der Waals surface area (Å²) in [6.45, 7) is 5.24. The van der Waals surface area contributed by atoms with Gasteiger partial charge in [0.1, 0.15) is 5.82 Å². The lowest BCUT2D eigenvalue weighted by Gasteiger charge is -2.32. The zero-order valence-electron chi connectivity index (χ0n) is 14.7. The fourth-order valence-corrected chi connectivity index (χ4v) is 4.71. The van der Waals surface area contributed by atoms with E-state index in [2.05, 4.69) is 4.90 Å². The molecule has 1 amide bonds. The van der Waals surface area contributed by atoms with E-state index in [9.17, 15) is 9.18 Å². The largest absolute Gasteiger partial charge is 0.379 e. The summed E-state index contributed by atoms with van der Waals surface area (Å²) in [5.74, 6) is -0.122. The Kier molecular flexibility index (Phi) is 5.33. The summed E-state index contributed by atoms with van der Waals surface area (Å²) in [5, 5.41) is 0. The van der Waals surface area contributed by atoms with Crippen LogP contribution in [-0.2, 0) is 4.74 Å². The van der Waals surface area contributed by atoms with Gasteiger partial charge in [-0.2, -0.15) is 0 Å². The number of carbonyl (C=O) groups is 1. The van der Waals surface area contributed by atoms with Crippen LogP contribution in [0.15, 0.2) is 36.4 Å². The van der Waals surface area contributed by atoms with Crippen LogP contribution in [0.5, 0.6) is 0 Å². The summed E-state index contributed by atoms with van der Waals surface area (Å²) in [7, 11) is 0. The smallest absolute Gasteiger partial charge is 0.264 e. The monoisotopic (exact) mass is 374 g/mol. The van der Waals surface area contributed by atoms with Crippen LogP contribution < -0.4 is 0 Å². The van der Waals surface area contributed by atoms with Crippen LogP contribution in [0.2, 0.25) is 0 Å². The summed E-state index contributed by atoms with van der Waals surface area (Å²) >= 11 is 1.49. The number of halogens is 1. The minimum atomic E-state index is -0.246. The van der Waals surface area contributed by atoms with Crippen molar-refractivity contribution in [2.75, 3.05) is 39.4 Å². The molecule has 6 heteroatoms. The van der Waals surface area contributed by atoms with Crippen molar-refractivity contribution in [3.8, 4) is 10.4 Å². The Morgan fingerprint density at radius 1 is 1.12 bits per heavy atom. The number of nitrogens with zero attached hydrogens (tertiary/aromatic N) is 2. The summed E-state index contributed by atoms with van der Waals surface area (Å²) in [4.78, 5) is 19.2. The number of carbonyl (C=O) groups excluding carboxylic acids is 1. The van der Waals surface area contributed by atoms with E-state index in [1.54, 1.807) is 12.1 Å². The van der Waals surface area contributed by atoms with Crippen molar-refractivity contribution in [3.63, 3.8) is 0 Å². The van der Waals surface area contributed by atoms with Gasteiger partial charge in [0.05, 0.1) is 18.1 Å². The molecule has 4 nitrogen and oxygen atoms in total. The highest BCUT2D eigenvalue weighted by molar-refractivity contribution is 7.17. The SMILES string of the molecule is O=C(c1ccc(-c2ccc(F)cc2)s1)N1CCCC1CN1CCOCC1. The minimum absolute atomic E-state index is 0.124. The van der Waals surface area contributed by atoms with Crippen molar-refractivity contribution in [2.45, 2.75) is 18.9 Å². The van der Waals surface area contributed by atoms with Crippen LogP contribution in [0.4, 0.5) is 4.39 Å². The molecule has 2 aromatic rings. The molecule has 1 atom stereocenters. The fraction of sp³-hybridized carbons (Fsp3) is 0.450. The normalized spacial score (nSPS) is 21.3. The van der Waals surface area contributed by atoms with Gasteiger partial charge in [-0.25, -0.2) is 4.39 Å². The first-order chi connectivity index (χ1) is 12.7. The quantitative estimate of drug-likeness (QED) is 0.821. The number of morpholine rings is 1. The van der Waals surface area contributed by atoms with Crippen LogP contribution >= 0.6 is 11.3 Å². The van der Waals surface area contributed by atoms with E-state index in [0.717, 1.165) is 67.6 Å². The van der Waals surface area contributed by atoms with Crippen LogP contribution in [0.1, 0.15) is 22.5 Å². The molecule has 0 aliphatic carbocycles. The van der Waals surface area contributed by atoms with E-state index in [-0.39, 0.29) is 17.8 Å². The maximum atomic E-state index is 13.1. The average molecular weight is 374 g/mol. The highest BCUT2D eigenvalue weighted by Crippen LogP contribution is 2.30. The van der Waals surface area contributed by atoms with Crippen LogP contribution in [-0.4, -0.2) is 61.1 Å². The molecule has 2 saturated heterocycles. The molecule has 2 fully saturated rings. The standard InChI is InChI=1S/C20H23FN2O2S/c21-16-5-3-15(4-6-16)18-7-8-19(26-18)20(24)23-9-1-2-17(23)14-22-10-12-25-13-11-22/h3-8,17H,1-2,9-14H2. The highest BCUT2D eigenvalue weighted by Gasteiger charge is 2.31. The Hall–Kier alpha value is -1.76. The molecule has 1 unspecified atom stereocenters. The van der Waals surface area contributed by atoms with E-state index >= 15 is 0 Å². The van der Waals surface area contributed by atoms with E-state index < -0.39 is 0 Å². The van der Waals surface area contributed by atoms with Gasteiger partial charge in [0.15, 0.2) is 0 Å². The molecule has 138 valence electrons. The molecule has 2 aliphatic rings. The first kappa shape index (κ1) is 17.6. The molecule has 0 saturated carbocycles. The lowest BCUT2D eigenvalue weighted by molar-refractivity contribution is 0.0262. The third-order valence-electron chi connectivity index (χ3n) is 5.16. The molecule has 0 bridgehead atoms. The van der Waals surface area contributed by atoms with Crippen LogP contribution in [0.3, 0.4) is 0 Å². The van der Waals surface area contributed by atoms with Crippen LogP contribution in [0.25, 0.3) is 10.4 Å². The van der Waals surface area contributed by atoms with E-state index in [0.29, 0.717) is 0 Å². The van der Waals surface area contributed by atoms with Crippen molar-refractivity contribution in [1.82, 2.24) is 9.80 Å². The van der Waals surface area contributed by atoms with Crippen molar-refractivity contribution >= 4 is 17.2 Å². The number of rotatable bonds is 4. The predicted octanol–water partition coefficient (Wildman–Crippen LogP) is 3.49. The fourth-order valence-electron chi connectivity index (χ4n) is 3.74. The number of hydrogen-bond acceptors (Lipinski definition) is 4. The van der Waals surface area contributed by atoms with Gasteiger partial charge in [-0.3, -0.25) is 9.69 Å². The van der Waals surface area contributed by atoms with Gasteiger partial charge >= 0.3 is 0 Å². The second-order valence-electron chi connectivity index (χ2n) is 6.88. The van der Waals surface area contributed by atoms with Crippen molar-refractivity contribution < 1.29 is 13.9 Å². The topological polar surface area (TPSA) is 32.8 Å². The Balaban J connectivity index is 1.45. The number of thiophene rings is 1. The first-order valence-corrected chi connectivity index (χ1v) is 9.99. The Morgan fingerprint density at radius 2 is 1.88 bits per heavy atom. The van der Waals surface area contributed by atoms with Gasteiger partial charge in [-0.05, 0) is 42.7 Å². The number of ether oxygens (including phenoxy) is 1. The van der Waals surface area contributed by atoms with Gasteiger partial charge in [-0.1, -0.05) is 12.1 Å². The number of likely N-dealkylation sites (tertiary alicyclic amines) is 1. The van der Waals surface area contributed by atoms with Gasteiger partial charge in [0.2, 0.25) is 0 Å². The molecule has 3 heterocycles. The van der Waals surface area contributed by atoms with E-state index in [1.807, 2.05) is 17.0 Å². The molecule has 0 radical (unpaired) electrons. The van der Waals surface area contributed by atoms with E-state index in [1.165, 1.54) is 23.5 Å². The zero-order valence-corrected chi connectivity index (χ0v) is 15.5. The predicted molar refractivity (Wildman–Crippen MR) is 101 cm³/mol. The molecule has 1 aromatic heterocycles. The molecular formula is C20H23FN2O2S. The van der Waals surface area contributed by atoms with Gasteiger partial charge in [-0.15, -0.1) is 11.3 Å². The number of amides is 1. The lowest BCUT2D eigenvalue weighted by atomic mass is 10.2. The second kappa shape index (κ2) is 7.86. The maximum absolute atomic E-state index is 13.1. The molecule has 26 heavy (non-hydrogen) atoms. The second-order valence-corrected chi connectivity index (χ2v) is 7.96. The Labute approximate surface area is 157 Å². The molecule has 1 aromatic carbocycles. The number of hydrogen-bond donors (Lipinski definition) is 0. The lowest BCUT2D eigenvalue weighted by Crippen LogP contribution is -2.46. The molecule has 0 N–H and O–H groups in total. The molecule has 0 spiro atoms. The van der Waals surface area contributed by atoms with E-state index in [4.69, 9.17) is 4.74 Å². The molecule has 2 aliphatic heterocycles. The van der Waals surface area contributed by atoms with Crippen LogP contribution in [0, 0.1) is 5.82 Å². The van der Waals surface area contributed by atoms with Gasteiger partial charge < -0.3 is 9.64 Å². The van der Waals surface area contributed by atoms with Crippen molar-refractivity contribution in [3.05, 3.63) is 47.1 Å². The summed E-state index contributed by atoms with van der Waals surface area (Å²) in [5.41, 5.74) is 0.946. The maximum Gasteiger partial charge on any atom is 0.264 e. The molecule has 4 rings (SSSR count). The zero-order chi connectivity index (χ0) is 17.9. The van der Waals surface area contributed by atoms with Crippen molar-refractivity contribution in [1.29, 1.82) is 0 Å². The summed E-state index contributed by atoms with van der Waals surface area (Å²) in [6, 6.07) is 10.6. The summed E-state index contributed by atoms with van der Waals surface area (Å²) < 4.78 is 18.5. The van der Waals surface area contributed by atoms with Gasteiger partial charge in [0.25, 0.3) is 5.91 Å².